The van der Waals surface area contributed by atoms with E-state index in [0.717, 1.165) is 12.1 Å². The molecule has 0 saturated carbocycles. The Morgan fingerprint density at radius 1 is 1.31 bits per heavy atom. The summed E-state index contributed by atoms with van der Waals surface area (Å²) < 4.78 is 52.7. The Bertz CT molecular complexity index is 837. The number of nitro groups is 1. The molecule has 0 bridgehead atoms. The van der Waals surface area contributed by atoms with Crippen LogP contribution in [0.5, 0.6) is 5.75 Å². The van der Waals surface area contributed by atoms with Gasteiger partial charge >= 0.3 is 12.3 Å². The zero-order chi connectivity index (χ0) is 24.3. The maximum absolute atomic E-state index is 14.1. The number of anilines is 1. The number of carbonyl (C=O) groups is 1. The number of alkyl halides is 3. The summed E-state index contributed by atoms with van der Waals surface area (Å²) in [5.41, 5.74) is -2.96. The lowest BCUT2D eigenvalue weighted by Crippen LogP contribution is -2.43. The fourth-order valence-electron chi connectivity index (χ4n) is 3.63. The first-order valence-electron chi connectivity index (χ1n) is 10.5. The quantitative estimate of drug-likeness (QED) is 0.466. The van der Waals surface area contributed by atoms with E-state index in [0.29, 0.717) is 12.8 Å². The molecule has 1 saturated heterocycles. The lowest BCUT2D eigenvalue weighted by atomic mass is 9.96. The highest BCUT2D eigenvalue weighted by atomic mass is 19.4. The van der Waals surface area contributed by atoms with Crippen LogP contribution in [0.25, 0.3) is 0 Å². The maximum Gasteiger partial charge on any atom is 0.422 e. The van der Waals surface area contributed by atoms with E-state index < -0.39 is 51.6 Å². The highest BCUT2D eigenvalue weighted by molar-refractivity contribution is 5.73. The molecular weight excluding hydrogens is 431 g/mol. The Hall–Kier alpha value is -2.72. The van der Waals surface area contributed by atoms with Crippen LogP contribution >= 0.6 is 0 Å². The van der Waals surface area contributed by atoms with Crippen molar-refractivity contribution in [3.05, 3.63) is 27.8 Å². The van der Waals surface area contributed by atoms with Gasteiger partial charge in [0.25, 0.3) is 5.69 Å². The van der Waals surface area contributed by atoms with Gasteiger partial charge in [-0.15, -0.1) is 0 Å². The molecule has 0 aliphatic carbocycles. The Morgan fingerprint density at radius 2 is 1.97 bits per heavy atom. The monoisotopic (exact) mass is 461 g/mol. The molecule has 1 aliphatic rings. The predicted molar refractivity (Wildman–Crippen MR) is 113 cm³/mol. The maximum atomic E-state index is 14.1. The third-order valence-corrected chi connectivity index (χ3v) is 4.73. The molecule has 1 amide bonds. The van der Waals surface area contributed by atoms with Crippen molar-refractivity contribution in [3.63, 3.8) is 0 Å². The number of nitro benzene ring substituents is 1. The molecule has 0 radical (unpaired) electrons. The minimum Gasteiger partial charge on any atom is -0.490 e. The van der Waals surface area contributed by atoms with Crippen LogP contribution in [0.4, 0.5) is 29.3 Å². The van der Waals surface area contributed by atoms with Crippen molar-refractivity contribution in [2.24, 2.45) is 5.92 Å². The Kier molecular flexibility index (Phi) is 7.84. The van der Waals surface area contributed by atoms with E-state index in [1.807, 2.05) is 0 Å². The molecule has 180 valence electrons. The first kappa shape index (κ1) is 25.5. The summed E-state index contributed by atoms with van der Waals surface area (Å²) in [6.45, 7) is 8.85. The first-order valence-corrected chi connectivity index (χ1v) is 10.5. The second-order valence-electron chi connectivity index (χ2n) is 9.06. The third kappa shape index (κ3) is 6.89. The normalized spacial score (nSPS) is 17.3. The summed E-state index contributed by atoms with van der Waals surface area (Å²) in [5.74, 6) is -0.645. The predicted octanol–water partition coefficient (Wildman–Crippen LogP) is 5.14. The number of piperidine rings is 1. The average molecular weight is 461 g/mol. The van der Waals surface area contributed by atoms with Gasteiger partial charge in [-0.2, -0.15) is 13.2 Å². The highest BCUT2D eigenvalue weighted by Gasteiger charge is 2.43. The summed E-state index contributed by atoms with van der Waals surface area (Å²) in [6.07, 6.45) is -4.84. The standard InChI is InChI=1S/C21H30F3N3O5/c1-13(2)31-16-9-8-15(27(29)30)18(17(16)21(22,23)24)26-10-6-7-14(12-26)11-25-19(28)32-20(3,4)5/h8-9,13-14H,6-7,10-12H2,1-5H3,(H,25,28)/t14-/m0/s1. The molecule has 11 heteroatoms. The molecule has 2 rings (SSSR count). The summed E-state index contributed by atoms with van der Waals surface area (Å²) >= 11 is 0. The van der Waals surface area contributed by atoms with Crippen molar-refractivity contribution in [3.8, 4) is 5.75 Å². The molecule has 0 unspecified atom stereocenters. The number of alkyl carbamates (subject to hydrolysis) is 1. The number of hydrogen-bond acceptors (Lipinski definition) is 6. The van der Waals surface area contributed by atoms with Gasteiger partial charge in [0.2, 0.25) is 0 Å². The molecule has 0 spiro atoms. The fraction of sp³-hybridized carbons (Fsp3) is 0.667. The summed E-state index contributed by atoms with van der Waals surface area (Å²) in [6, 6.07) is 2.04. The first-order chi connectivity index (χ1) is 14.7. The molecule has 1 aliphatic heterocycles. The van der Waals surface area contributed by atoms with Crippen LogP contribution in [0.2, 0.25) is 0 Å². The topological polar surface area (TPSA) is 93.9 Å². The molecule has 0 aromatic heterocycles. The molecule has 1 heterocycles. The van der Waals surface area contributed by atoms with Gasteiger partial charge in [-0.05, 0) is 59.4 Å². The van der Waals surface area contributed by atoms with Crippen LogP contribution in [0.15, 0.2) is 12.1 Å². The molecule has 1 N–H and O–H groups in total. The molecule has 1 atom stereocenters. The molecule has 1 fully saturated rings. The average Bonchev–Trinajstić information content (AvgIpc) is 2.63. The van der Waals surface area contributed by atoms with Gasteiger partial charge in [0, 0.05) is 25.7 Å². The largest absolute Gasteiger partial charge is 0.490 e. The molecule has 1 aromatic carbocycles. The van der Waals surface area contributed by atoms with E-state index in [2.05, 4.69) is 5.32 Å². The smallest absolute Gasteiger partial charge is 0.422 e. The van der Waals surface area contributed by atoms with Crippen molar-refractivity contribution in [1.29, 1.82) is 0 Å². The van der Waals surface area contributed by atoms with Crippen LogP contribution in [-0.4, -0.2) is 42.4 Å². The number of halogens is 3. The zero-order valence-corrected chi connectivity index (χ0v) is 18.9. The third-order valence-electron chi connectivity index (χ3n) is 4.73. The van der Waals surface area contributed by atoms with Gasteiger partial charge in [0.1, 0.15) is 22.6 Å². The molecule has 8 nitrogen and oxygen atoms in total. The van der Waals surface area contributed by atoms with Crippen molar-refractivity contribution < 1.29 is 32.4 Å². The number of nitrogens with zero attached hydrogens (tertiary/aromatic N) is 2. The van der Waals surface area contributed by atoms with E-state index in [4.69, 9.17) is 9.47 Å². The summed E-state index contributed by atoms with van der Waals surface area (Å²) in [4.78, 5) is 24.1. The number of hydrogen-bond donors (Lipinski definition) is 1. The summed E-state index contributed by atoms with van der Waals surface area (Å²) in [5, 5.41) is 14.2. The Balaban J connectivity index is 2.35. The van der Waals surface area contributed by atoms with E-state index >= 15 is 0 Å². The summed E-state index contributed by atoms with van der Waals surface area (Å²) in [7, 11) is 0. The number of carbonyl (C=O) groups excluding carboxylic acids is 1. The second kappa shape index (κ2) is 9.83. The van der Waals surface area contributed by atoms with Gasteiger partial charge in [-0.1, -0.05) is 0 Å². The van der Waals surface area contributed by atoms with E-state index in [9.17, 15) is 28.1 Å². The van der Waals surface area contributed by atoms with Crippen LogP contribution in [-0.2, 0) is 10.9 Å². The van der Waals surface area contributed by atoms with Crippen molar-refractivity contribution in [2.75, 3.05) is 24.5 Å². The van der Waals surface area contributed by atoms with Gasteiger partial charge in [-0.25, -0.2) is 4.79 Å². The van der Waals surface area contributed by atoms with Crippen molar-refractivity contribution >= 4 is 17.5 Å². The number of ether oxygens (including phenoxy) is 2. The van der Waals surface area contributed by atoms with Crippen LogP contribution in [0, 0.1) is 16.0 Å². The Labute approximate surface area is 185 Å². The van der Waals surface area contributed by atoms with Crippen LogP contribution < -0.4 is 15.0 Å². The van der Waals surface area contributed by atoms with Crippen LogP contribution in [0.3, 0.4) is 0 Å². The number of rotatable bonds is 6. The number of nitrogens with one attached hydrogen (secondary N) is 1. The number of benzene rings is 1. The molecular formula is C21H30F3N3O5. The van der Waals surface area contributed by atoms with Crippen LogP contribution in [0.1, 0.15) is 53.0 Å². The van der Waals surface area contributed by atoms with Gasteiger partial charge in [-0.3, -0.25) is 10.1 Å². The SMILES string of the molecule is CC(C)Oc1ccc([N+](=O)[O-])c(N2CCC[C@@H](CNC(=O)OC(C)(C)C)C2)c1C(F)(F)F. The van der Waals surface area contributed by atoms with E-state index in [-0.39, 0.29) is 25.6 Å². The van der Waals surface area contributed by atoms with Gasteiger partial charge in [0.15, 0.2) is 0 Å². The Morgan fingerprint density at radius 3 is 2.50 bits per heavy atom. The zero-order valence-electron chi connectivity index (χ0n) is 18.9. The van der Waals surface area contributed by atoms with Crippen molar-refractivity contribution in [1.82, 2.24) is 5.32 Å². The second-order valence-corrected chi connectivity index (χ2v) is 9.06. The van der Waals surface area contributed by atoms with Crippen molar-refractivity contribution in [2.45, 2.75) is 65.3 Å². The van der Waals surface area contributed by atoms with E-state index in [1.165, 1.54) is 4.90 Å². The molecule has 32 heavy (non-hydrogen) atoms. The minimum atomic E-state index is -4.85. The number of amides is 1. The molecule has 1 aromatic rings. The lowest BCUT2D eigenvalue weighted by molar-refractivity contribution is -0.384. The lowest BCUT2D eigenvalue weighted by Gasteiger charge is -2.36. The van der Waals surface area contributed by atoms with Gasteiger partial charge in [0.05, 0.1) is 11.0 Å². The van der Waals surface area contributed by atoms with Gasteiger partial charge < -0.3 is 19.7 Å². The highest BCUT2D eigenvalue weighted by Crippen LogP contribution is 2.48. The minimum absolute atomic E-state index is 0.116. The van der Waals surface area contributed by atoms with E-state index in [1.54, 1.807) is 34.6 Å². The fourth-order valence-corrected chi connectivity index (χ4v) is 3.63.